The molecular weight excluding hydrogens is 382 g/mol. The first-order valence-electron chi connectivity index (χ1n) is 10.5. The Hall–Kier alpha value is -2.18. The van der Waals surface area contributed by atoms with Crippen LogP contribution >= 0.6 is 11.3 Å². The molecule has 1 N–H and O–H groups in total. The minimum atomic E-state index is -0.287. The van der Waals surface area contributed by atoms with E-state index < -0.39 is 0 Å². The summed E-state index contributed by atoms with van der Waals surface area (Å²) < 4.78 is 0. The van der Waals surface area contributed by atoms with E-state index in [0.29, 0.717) is 13.1 Å². The third kappa shape index (κ3) is 4.23. The third-order valence-corrected chi connectivity index (χ3v) is 7.26. The predicted octanol–water partition coefficient (Wildman–Crippen LogP) is 3.67. The maximum Gasteiger partial charge on any atom is 0.227 e. The number of carbonyl (C=O) groups excluding carboxylic acids is 2. The van der Waals surface area contributed by atoms with Gasteiger partial charge in [0.15, 0.2) is 0 Å². The van der Waals surface area contributed by atoms with Crippen molar-refractivity contribution >= 4 is 28.8 Å². The molecular formula is C23H29N3O2S. The second kappa shape index (κ2) is 8.67. The highest BCUT2D eigenvalue weighted by Gasteiger charge is 2.36. The molecule has 0 spiro atoms. The summed E-state index contributed by atoms with van der Waals surface area (Å²) in [5.74, 6) is -0.259. The maximum atomic E-state index is 12.9. The van der Waals surface area contributed by atoms with Crippen LogP contribution in [0.2, 0.25) is 0 Å². The van der Waals surface area contributed by atoms with Crippen LogP contribution in [0, 0.1) is 19.8 Å². The van der Waals surface area contributed by atoms with Gasteiger partial charge in [-0.2, -0.15) is 0 Å². The summed E-state index contributed by atoms with van der Waals surface area (Å²) in [4.78, 5) is 31.1. The van der Waals surface area contributed by atoms with E-state index in [1.807, 2.05) is 32.0 Å². The fraction of sp³-hybridized carbons (Fsp3) is 0.478. The van der Waals surface area contributed by atoms with Crippen LogP contribution in [0.1, 0.15) is 41.3 Å². The second-order valence-corrected chi connectivity index (χ2v) is 9.12. The first-order chi connectivity index (χ1) is 14.0. The third-order valence-electron chi connectivity index (χ3n) is 6.29. The fourth-order valence-electron chi connectivity index (χ4n) is 4.43. The summed E-state index contributed by atoms with van der Waals surface area (Å²) in [6, 6.07) is 10.4. The van der Waals surface area contributed by atoms with Gasteiger partial charge in [0.2, 0.25) is 11.8 Å². The summed E-state index contributed by atoms with van der Waals surface area (Å²) in [6.07, 6.45) is 2.72. The summed E-state index contributed by atoms with van der Waals surface area (Å²) >= 11 is 1.75. The zero-order valence-corrected chi connectivity index (χ0v) is 18.0. The van der Waals surface area contributed by atoms with Crippen molar-refractivity contribution in [2.24, 2.45) is 5.92 Å². The average Bonchev–Trinajstić information content (AvgIpc) is 3.46. The summed E-state index contributed by atoms with van der Waals surface area (Å²) in [5, 5.41) is 5.25. The average molecular weight is 412 g/mol. The van der Waals surface area contributed by atoms with Gasteiger partial charge < -0.3 is 10.2 Å². The molecule has 6 heteroatoms. The molecule has 0 aliphatic carbocycles. The molecule has 0 bridgehead atoms. The zero-order valence-electron chi connectivity index (χ0n) is 17.2. The van der Waals surface area contributed by atoms with Crippen molar-refractivity contribution in [3.63, 3.8) is 0 Å². The lowest BCUT2D eigenvalue weighted by atomic mass is 10.1. The highest BCUT2D eigenvalue weighted by atomic mass is 32.1. The summed E-state index contributed by atoms with van der Waals surface area (Å²) in [6.45, 7) is 7.32. The highest BCUT2D eigenvalue weighted by molar-refractivity contribution is 7.10. The molecule has 154 valence electrons. The van der Waals surface area contributed by atoms with E-state index in [2.05, 4.69) is 27.7 Å². The van der Waals surface area contributed by atoms with E-state index in [1.165, 1.54) is 17.7 Å². The first kappa shape index (κ1) is 20.1. The van der Waals surface area contributed by atoms with Gasteiger partial charge in [-0.1, -0.05) is 18.2 Å². The molecule has 0 saturated carbocycles. The van der Waals surface area contributed by atoms with E-state index in [0.717, 1.165) is 29.9 Å². The van der Waals surface area contributed by atoms with Gasteiger partial charge in [0.25, 0.3) is 0 Å². The van der Waals surface area contributed by atoms with Crippen molar-refractivity contribution in [1.82, 2.24) is 10.2 Å². The van der Waals surface area contributed by atoms with Gasteiger partial charge in [0, 0.05) is 30.1 Å². The van der Waals surface area contributed by atoms with Gasteiger partial charge in [0.1, 0.15) is 0 Å². The lowest BCUT2D eigenvalue weighted by Gasteiger charge is -2.27. The fourth-order valence-corrected chi connectivity index (χ4v) is 5.29. The van der Waals surface area contributed by atoms with Crippen LogP contribution in [-0.4, -0.2) is 42.9 Å². The Labute approximate surface area is 176 Å². The number of benzene rings is 1. The topological polar surface area (TPSA) is 52.7 Å². The zero-order chi connectivity index (χ0) is 20.4. The van der Waals surface area contributed by atoms with Crippen molar-refractivity contribution < 1.29 is 9.59 Å². The Morgan fingerprint density at radius 2 is 2.00 bits per heavy atom. The minimum absolute atomic E-state index is 0.00749. The molecule has 2 aliphatic heterocycles. The second-order valence-electron chi connectivity index (χ2n) is 8.14. The van der Waals surface area contributed by atoms with Gasteiger partial charge in [0.05, 0.1) is 12.0 Å². The molecule has 2 saturated heterocycles. The lowest BCUT2D eigenvalue weighted by molar-refractivity contribution is -0.126. The number of nitrogens with zero attached hydrogens (tertiary/aromatic N) is 2. The number of likely N-dealkylation sites (tertiary alicyclic amines) is 1. The van der Waals surface area contributed by atoms with Crippen LogP contribution < -0.4 is 10.2 Å². The molecule has 1 aromatic carbocycles. The molecule has 4 rings (SSSR count). The standard InChI is InChI=1S/C23H29N3O2S/c1-16-7-5-8-19(17(16)2)26-15-18(13-22(26)27)23(28)24-14-20(21-9-6-12-29-21)25-10-3-4-11-25/h5-9,12,18,20H,3-4,10-11,13-15H2,1-2H3,(H,24,28). The van der Waals surface area contributed by atoms with E-state index in [1.54, 1.807) is 16.2 Å². The molecule has 5 nitrogen and oxygen atoms in total. The van der Waals surface area contributed by atoms with Crippen LogP contribution in [0.25, 0.3) is 0 Å². The molecule has 2 amide bonds. The van der Waals surface area contributed by atoms with Gasteiger partial charge >= 0.3 is 0 Å². The Bertz CT molecular complexity index is 874. The van der Waals surface area contributed by atoms with Gasteiger partial charge in [-0.3, -0.25) is 14.5 Å². The minimum Gasteiger partial charge on any atom is -0.354 e. The molecule has 3 heterocycles. The van der Waals surface area contributed by atoms with Gasteiger partial charge in [-0.15, -0.1) is 11.3 Å². The summed E-state index contributed by atoms with van der Waals surface area (Å²) in [7, 11) is 0. The van der Waals surface area contributed by atoms with Crippen LogP contribution in [0.3, 0.4) is 0 Å². The number of hydrogen-bond donors (Lipinski definition) is 1. The van der Waals surface area contributed by atoms with E-state index in [9.17, 15) is 9.59 Å². The number of carbonyl (C=O) groups is 2. The van der Waals surface area contributed by atoms with Crippen LogP contribution in [0.4, 0.5) is 5.69 Å². The Balaban J connectivity index is 1.41. The number of hydrogen-bond acceptors (Lipinski definition) is 4. The molecule has 2 unspecified atom stereocenters. The first-order valence-corrected chi connectivity index (χ1v) is 11.3. The largest absolute Gasteiger partial charge is 0.354 e. The number of thiophene rings is 1. The molecule has 29 heavy (non-hydrogen) atoms. The van der Waals surface area contributed by atoms with Crippen LogP contribution in [0.5, 0.6) is 0 Å². The SMILES string of the molecule is Cc1cccc(N2CC(C(=O)NCC(c3cccs3)N3CCCC3)CC2=O)c1C. The normalized spacial score (nSPS) is 21.0. The number of amides is 2. The van der Waals surface area contributed by atoms with Gasteiger partial charge in [-0.05, 0) is 68.4 Å². The van der Waals surface area contributed by atoms with Crippen molar-refractivity contribution in [2.75, 3.05) is 31.1 Å². The Morgan fingerprint density at radius 1 is 1.21 bits per heavy atom. The van der Waals surface area contributed by atoms with E-state index in [4.69, 9.17) is 0 Å². The number of nitrogens with one attached hydrogen (secondary N) is 1. The summed E-state index contributed by atoms with van der Waals surface area (Å²) in [5.41, 5.74) is 3.19. The monoisotopic (exact) mass is 411 g/mol. The quantitative estimate of drug-likeness (QED) is 0.789. The van der Waals surface area contributed by atoms with E-state index in [-0.39, 0.29) is 30.2 Å². The van der Waals surface area contributed by atoms with Crippen molar-refractivity contribution in [2.45, 2.75) is 39.2 Å². The van der Waals surface area contributed by atoms with E-state index >= 15 is 0 Å². The van der Waals surface area contributed by atoms with Crippen LogP contribution in [0.15, 0.2) is 35.7 Å². The Morgan fingerprint density at radius 3 is 2.72 bits per heavy atom. The number of rotatable bonds is 6. The number of aryl methyl sites for hydroxylation is 1. The molecule has 2 aliphatic rings. The molecule has 2 aromatic rings. The highest BCUT2D eigenvalue weighted by Crippen LogP contribution is 2.30. The predicted molar refractivity (Wildman–Crippen MR) is 117 cm³/mol. The molecule has 1 aromatic heterocycles. The van der Waals surface area contributed by atoms with Crippen LogP contribution in [-0.2, 0) is 9.59 Å². The number of anilines is 1. The van der Waals surface area contributed by atoms with Crippen molar-refractivity contribution in [1.29, 1.82) is 0 Å². The lowest BCUT2D eigenvalue weighted by Crippen LogP contribution is -2.39. The van der Waals surface area contributed by atoms with Crippen molar-refractivity contribution in [3.05, 3.63) is 51.7 Å². The Kier molecular flexibility index (Phi) is 6.01. The molecule has 2 atom stereocenters. The molecule has 2 fully saturated rings. The maximum absolute atomic E-state index is 12.9. The molecule has 0 radical (unpaired) electrons. The van der Waals surface area contributed by atoms with Crippen molar-refractivity contribution in [3.8, 4) is 0 Å². The van der Waals surface area contributed by atoms with Gasteiger partial charge in [-0.25, -0.2) is 0 Å². The smallest absolute Gasteiger partial charge is 0.227 e.